The van der Waals surface area contributed by atoms with Crippen LogP contribution in [0, 0.1) is 0 Å². The van der Waals surface area contributed by atoms with E-state index in [9.17, 15) is 0 Å². The molecule has 0 aliphatic rings. The molecule has 6 nitrogen and oxygen atoms in total. The molecule has 0 atom stereocenters. The number of hydrogen-bond acceptors (Lipinski definition) is 8. The van der Waals surface area contributed by atoms with Crippen molar-refractivity contribution in [3.05, 3.63) is 12.4 Å². The third-order valence-corrected chi connectivity index (χ3v) is 3.14. The Balaban J connectivity index is 2.24. The van der Waals surface area contributed by atoms with E-state index in [2.05, 4.69) is 24.6 Å². The molecule has 0 saturated heterocycles. The third kappa shape index (κ3) is 2.54. The van der Waals surface area contributed by atoms with Crippen LogP contribution >= 0.6 is 23.3 Å². The molecule has 2 aromatic rings. The third-order valence-electron chi connectivity index (χ3n) is 1.51. The minimum Gasteiger partial charge on any atom is -0.373 e. The van der Waals surface area contributed by atoms with E-state index < -0.39 is 0 Å². The Hall–Kier alpha value is -1.41. The van der Waals surface area contributed by atoms with Crippen molar-refractivity contribution in [3.8, 4) is 0 Å². The molecule has 3 N–H and O–H groups in total. The van der Waals surface area contributed by atoms with Crippen LogP contribution in [0.2, 0.25) is 0 Å². The molecular weight excluding hydrogens is 232 g/mol. The molecule has 0 amide bonds. The SMILES string of the molecule is CNc1cc(Sc2ncns2)nc(N)n1. The minimum atomic E-state index is 0.244. The molecule has 2 heterocycles. The van der Waals surface area contributed by atoms with Gasteiger partial charge in [-0.15, -0.1) is 0 Å². The van der Waals surface area contributed by atoms with Gasteiger partial charge < -0.3 is 11.1 Å². The van der Waals surface area contributed by atoms with Gasteiger partial charge in [0.2, 0.25) is 5.95 Å². The van der Waals surface area contributed by atoms with Crippen molar-refractivity contribution >= 4 is 35.1 Å². The van der Waals surface area contributed by atoms with Gasteiger partial charge in [0.25, 0.3) is 0 Å². The summed E-state index contributed by atoms with van der Waals surface area (Å²) in [5.74, 6) is 0.934. The van der Waals surface area contributed by atoms with Crippen molar-refractivity contribution in [2.75, 3.05) is 18.1 Å². The Labute approximate surface area is 94.5 Å². The Morgan fingerprint density at radius 2 is 2.33 bits per heavy atom. The van der Waals surface area contributed by atoms with Gasteiger partial charge in [0.1, 0.15) is 17.2 Å². The van der Waals surface area contributed by atoms with Crippen LogP contribution in [-0.4, -0.2) is 26.4 Å². The number of hydrogen-bond donors (Lipinski definition) is 2. The number of aromatic nitrogens is 4. The van der Waals surface area contributed by atoms with Gasteiger partial charge in [0, 0.05) is 13.1 Å². The first kappa shape index (κ1) is 10.1. The molecule has 8 heteroatoms. The quantitative estimate of drug-likeness (QED) is 0.776. The van der Waals surface area contributed by atoms with Gasteiger partial charge in [0.15, 0.2) is 4.34 Å². The van der Waals surface area contributed by atoms with E-state index in [0.29, 0.717) is 5.82 Å². The first-order valence-electron chi connectivity index (χ1n) is 4.05. The first-order valence-corrected chi connectivity index (χ1v) is 5.64. The number of anilines is 2. The topological polar surface area (TPSA) is 89.6 Å². The lowest BCUT2D eigenvalue weighted by atomic mass is 10.6. The fraction of sp³-hybridized carbons (Fsp3) is 0.143. The van der Waals surface area contributed by atoms with E-state index in [1.54, 1.807) is 7.05 Å². The minimum absolute atomic E-state index is 0.244. The highest BCUT2D eigenvalue weighted by Gasteiger charge is 2.05. The van der Waals surface area contributed by atoms with Gasteiger partial charge in [-0.2, -0.15) is 9.36 Å². The zero-order valence-corrected chi connectivity index (χ0v) is 9.47. The van der Waals surface area contributed by atoms with E-state index in [1.807, 2.05) is 6.07 Å². The number of nitrogens with one attached hydrogen (secondary N) is 1. The van der Waals surface area contributed by atoms with Crippen molar-refractivity contribution < 1.29 is 0 Å². The van der Waals surface area contributed by atoms with Gasteiger partial charge in [-0.05, 0) is 23.3 Å². The van der Waals surface area contributed by atoms with E-state index in [1.165, 1.54) is 29.6 Å². The maximum absolute atomic E-state index is 5.56. The normalized spacial score (nSPS) is 10.2. The zero-order chi connectivity index (χ0) is 10.7. The molecule has 0 aliphatic carbocycles. The van der Waals surface area contributed by atoms with Gasteiger partial charge in [0.05, 0.1) is 0 Å². The summed E-state index contributed by atoms with van der Waals surface area (Å²) in [5.41, 5.74) is 5.56. The summed E-state index contributed by atoms with van der Waals surface area (Å²) in [6.07, 6.45) is 1.51. The van der Waals surface area contributed by atoms with E-state index >= 15 is 0 Å². The molecule has 0 fully saturated rings. The second kappa shape index (κ2) is 4.41. The molecule has 0 radical (unpaired) electrons. The molecule has 2 aromatic heterocycles. The summed E-state index contributed by atoms with van der Waals surface area (Å²) < 4.78 is 4.73. The molecule has 15 heavy (non-hydrogen) atoms. The highest BCUT2D eigenvalue weighted by atomic mass is 32.2. The molecule has 0 saturated carbocycles. The van der Waals surface area contributed by atoms with Crippen molar-refractivity contribution in [2.24, 2.45) is 0 Å². The van der Waals surface area contributed by atoms with Crippen LogP contribution in [0.1, 0.15) is 0 Å². The van der Waals surface area contributed by atoms with Gasteiger partial charge in [-0.25, -0.2) is 9.97 Å². The lowest BCUT2D eigenvalue weighted by Gasteiger charge is -2.02. The lowest BCUT2D eigenvalue weighted by Crippen LogP contribution is -2.00. The van der Waals surface area contributed by atoms with Gasteiger partial charge in [-0.1, -0.05) is 0 Å². The monoisotopic (exact) mass is 240 g/mol. The molecule has 0 spiro atoms. The second-order valence-corrected chi connectivity index (χ2v) is 4.56. The fourth-order valence-electron chi connectivity index (χ4n) is 0.921. The molecular formula is C7H8N6S2. The van der Waals surface area contributed by atoms with Crippen molar-refractivity contribution in [3.63, 3.8) is 0 Å². The van der Waals surface area contributed by atoms with Crippen molar-refractivity contribution in [1.82, 2.24) is 19.3 Å². The summed E-state index contributed by atoms with van der Waals surface area (Å²) >= 11 is 2.73. The van der Waals surface area contributed by atoms with Crippen LogP contribution in [0.5, 0.6) is 0 Å². The Morgan fingerprint density at radius 3 is 3.00 bits per heavy atom. The average Bonchev–Trinajstić information content (AvgIpc) is 2.69. The smallest absolute Gasteiger partial charge is 0.223 e. The molecule has 0 bridgehead atoms. The summed E-state index contributed by atoms with van der Waals surface area (Å²) in [6, 6.07) is 1.81. The fourth-order valence-corrected chi connectivity index (χ4v) is 2.32. The summed E-state index contributed by atoms with van der Waals surface area (Å²) in [7, 11) is 1.78. The molecule has 0 aliphatic heterocycles. The van der Waals surface area contributed by atoms with Gasteiger partial charge >= 0.3 is 0 Å². The van der Waals surface area contributed by atoms with Crippen molar-refractivity contribution in [2.45, 2.75) is 9.37 Å². The highest BCUT2D eigenvalue weighted by molar-refractivity contribution is 8.00. The van der Waals surface area contributed by atoms with Gasteiger partial charge in [-0.3, -0.25) is 0 Å². The van der Waals surface area contributed by atoms with E-state index in [0.717, 1.165) is 9.37 Å². The van der Waals surface area contributed by atoms with Crippen molar-refractivity contribution in [1.29, 1.82) is 0 Å². The number of nitrogens with two attached hydrogens (primary N) is 1. The largest absolute Gasteiger partial charge is 0.373 e. The Morgan fingerprint density at radius 1 is 1.47 bits per heavy atom. The number of nitrogen functional groups attached to an aromatic ring is 1. The first-order chi connectivity index (χ1) is 7.28. The lowest BCUT2D eigenvalue weighted by molar-refractivity contribution is 1.06. The predicted molar refractivity (Wildman–Crippen MR) is 60.0 cm³/mol. The van der Waals surface area contributed by atoms with Crippen LogP contribution in [0.3, 0.4) is 0 Å². The molecule has 0 aromatic carbocycles. The number of rotatable bonds is 3. The molecule has 2 rings (SSSR count). The Kier molecular flexibility index (Phi) is 2.97. The second-order valence-electron chi connectivity index (χ2n) is 2.51. The predicted octanol–water partition coefficient (Wildman–Crippen LogP) is 1.10. The van der Waals surface area contributed by atoms with Crippen LogP contribution in [0.4, 0.5) is 11.8 Å². The number of nitrogens with zero attached hydrogens (tertiary/aromatic N) is 4. The zero-order valence-electron chi connectivity index (χ0n) is 7.84. The maximum atomic E-state index is 5.56. The highest BCUT2D eigenvalue weighted by Crippen LogP contribution is 2.27. The summed E-state index contributed by atoms with van der Waals surface area (Å²) in [4.78, 5) is 12.1. The maximum Gasteiger partial charge on any atom is 0.223 e. The average molecular weight is 240 g/mol. The van der Waals surface area contributed by atoms with Crippen LogP contribution in [0.15, 0.2) is 21.8 Å². The molecule has 78 valence electrons. The van der Waals surface area contributed by atoms with Crippen LogP contribution in [-0.2, 0) is 0 Å². The van der Waals surface area contributed by atoms with E-state index in [4.69, 9.17) is 5.73 Å². The standard InChI is InChI=1S/C7H8N6S2/c1-9-4-2-5(13-6(8)12-4)14-7-10-3-11-15-7/h2-3H,1H3,(H3,8,9,12,13). The van der Waals surface area contributed by atoms with Crippen LogP contribution in [0.25, 0.3) is 0 Å². The molecule has 0 unspecified atom stereocenters. The van der Waals surface area contributed by atoms with E-state index in [-0.39, 0.29) is 5.95 Å². The Bertz CT molecular complexity index is 443. The van der Waals surface area contributed by atoms with Crippen LogP contribution < -0.4 is 11.1 Å². The summed E-state index contributed by atoms with van der Waals surface area (Å²) in [6.45, 7) is 0. The summed E-state index contributed by atoms with van der Waals surface area (Å²) in [5, 5.41) is 3.66.